The molecule has 2 heterocycles. The number of halogens is 1. The quantitative estimate of drug-likeness (QED) is 0.246. The summed E-state index contributed by atoms with van der Waals surface area (Å²) < 4.78 is 18.0. The van der Waals surface area contributed by atoms with Crippen molar-refractivity contribution in [2.24, 2.45) is 0 Å². The van der Waals surface area contributed by atoms with Crippen molar-refractivity contribution in [2.45, 2.75) is 72.3 Å². The SMILES string of the molecule is COC(=O)C(C)n1c(=O)n(Cc2ccccc2)c2nc(N(C(=O)OC(C)(C)C)C(=O)OC(C)(C)C)nc(Cl)c21. The highest BCUT2D eigenvalue weighted by molar-refractivity contribution is 6.33. The smallest absolute Gasteiger partial charge is 0.427 e. The van der Waals surface area contributed by atoms with Crippen molar-refractivity contribution in [1.82, 2.24) is 19.1 Å². The Morgan fingerprint density at radius 3 is 2.00 bits per heavy atom. The Kier molecular flexibility index (Phi) is 8.39. The average Bonchev–Trinajstić information content (AvgIpc) is 3.08. The molecule has 1 unspecified atom stereocenters. The Morgan fingerprint density at radius 1 is 0.974 bits per heavy atom. The van der Waals surface area contributed by atoms with Gasteiger partial charge in [-0.05, 0) is 54.0 Å². The molecule has 12 nitrogen and oxygen atoms in total. The van der Waals surface area contributed by atoms with Crippen LogP contribution in [-0.4, -0.2) is 55.6 Å². The van der Waals surface area contributed by atoms with Crippen molar-refractivity contribution in [1.29, 1.82) is 0 Å². The van der Waals surface area contributed by atoms with E-state index in [1.165, 1.54) is 18.6 Å². The molecule has 0 aliphatic rings. The molecule has 0 saturated carbocycles. The minimum absolute atomic E-state index is 0.0209. The van der Waals surface area contributed by atoms with E-state index in [0.717, 1.165) is 10.1 Å². The lowest BCUT2D eigenvalue weighted by Gasteiger charge is -2.27. The molecule has 0 N–H and O–H groups in total. The van der Waals surface area contributed by atoms with Gasteiger partial charge < -0.3 is 14.2 Å². The Morgan fingerprint density at radius 2 is 1.51 bits per heavy atom. The molecule has 13 heteroatoms. The van der Waals surface area contributed by atoms with Crippen molar-refractivity contribution < 1.29 is 28.6 Å². The number of methoxy groups -OCH3 is 1. The fourth-order valence-electron chi connectivity index (χ4n) is 3.61. The lowest BCUT2D eigenvalue weighted by molar-refractivity contribution is -0.144. The van der Waals surface area contributed by atoms with Gasteiger partial charge in [0, 0.05) is 0 Å². The molecule has 1 aromatic carbocycles. The first kappa shape index (κ1) is 29.6. The maximum absolute atomic E-state index is 13.6. The maximum atomic E-state index is 13.6. The molecule has 210 valence electrons. The molecule has 0 bridgehead atoms. The van der Waals surface area contributed by atoms with Crippen LogP contribution in [0.5, 0.6) is 0 Å². The molecule has 2 amide bonds. The lowest BCUT2D eigenvalue weighted by atomic mass is 10.2. The fourth-order valence-corrected chi connectivity index (χ4v) is 3.87. The van der Waals surface area contributed by atoms with Crippen molar-refractivity contribution in [3.8, 4) is 0 Å². The van der Waals surface area contributed by atoms with Gasteiger partial charge >= 0.3 is 23.8 Å². The van der Waals surface area contributed by atoms with E-state index in [0.29, 0.717) is 4.90 Å². The van der Waals surface area contributed by atoms with E-state index in [1.54, 1.807) is 65.8 Å². The standard InChI is InChI=1S/C26H32ClN5O7/c1-15(20(33)37-8)31-17-18(27)28-21(29-19(17)30(22(31)34)14-16-12-10-9-11-13-16)32(23(35)38-25(2,3)4)24(36)39-26(5,6)7/h9-13,15H,14H2,1-8H3. The molecule has 0 spiro atoms. The summed E-state index contributed by atoms with van der Waals surface area (Å²) in [6.45, 7) is 11.3. The van der Waals surface area contributed by atoms with Crippen molar-refractivity contribution >= 4 is 46.9 Å². The van der Waals surface area contributed by atoms with E-state index in [9.17, 15) is 19.2 Å². The minimum atomic E-state index is -1.11. The van der Waals surface area contributed by atoms with Crippen LogP contribution in [0.2, 0.25) is 5.15 Å². The summed E-state index contributed by atoms with van der Waals surface area (Å²) in [5, 5.41) is -0.285. The second kappa shape index (κ2) is 11.0. The normalized spacial score (nSPS) is 12.6. The number of rotatable bonds is 5. The zero-order valence-electron chi connectivity index (χ0n) is 23.1. The number of carbonyl (C=O) groups excluding carboxylic acids is 3. The summed E-state index contributed by atoms with van der Waals surface area (Å²) in [6, 6.07) is 7.95. The molecular weight excluding hydrogens is 530 g/mol. The Hall–Kier alpha value is -3.93. The molecular formula is C26H32ClN5O7. The van der Waals surface area contributed by atoms with E-state index in [2.05, 4.69) is 9.97 Å². The molecule has 1 atom stereocenters. The van der Waals surface area contributed by atoms with Crippen LogP contribution in [0.4, 0.5) is 15.5 Å². The summed E-state index contributed by atoms with van der Waals surface area (Å²) in [4.78, 5) is 61.4. The number of nitrogens with zero attached hydrogens (tertiary/aromatic N) is 5. The number of fused-ring (bicyclic) bond motifs is 1. The number of hydrogen-bond acceptors (Lipinski definition) is 9. The number of carbonyl (C=O) groups is 3. The van der Waals surface area contributed by atoms with E-state index < -0.39 is 47.0 Å². The maximum Gasteiger partial charge on any atom is 0.427 e. The number of hydrogen-bond donors (Lipinski definition) is 0. The zero-order valence-corrected chi connectivity index (χ0v) is 23.9. The van der Waals surface area contributed by atoms with Crippen LogP contribution in [0.25, 0.3) is 11.2 Å². The predicted octanol–water partition coefficient (Wildman–Crippen LogP) is 4.71. The van der Waals surface area contributed by atoms with E-state index in [1.807, 2.05) is 6.07 Å². The molecule has 3 rings (SSSR count). The number of aromatic nitrogens is 4. The summed E-state index contributed by atoms with van der Waals surface area (Å²) in [7, 11) is 1.20. The van der Waals surface area contributed by atoms with Gasteiger partial charge in [-0.2, -0.15) is 9.97 Å². The van der Waals surface area contributed by atoms with Gasteiger partial charge in [0.15, 0.2) is 10.8 Å². The molecule has 0 radical (unpaired) electrons. The summed E-state index contributed by atoms with van der Waals surface area (Å²) in [5.41, 5.74) is -1.82. The molecule has 0 aliphatic carbocycles. The number of esters is 1. The van der Waals surface area contributed by atoms with Crippen LogP contribution in [0.1, 0.15) is 60.1 Å². The van der Waals surface area contributed by atoms with Crippen molar-refractivity contribution in [3.05, 3.63) is 51.5 Å². The first-order chi connectivity index (χ1) is 18.0. The number of anilines is 1. The van der Waals surface area contributed by atoms with Crippen LogP contribution in [0.15, 0.2) is 35.1 Å². The largest absolute Gasteiger partial charge is 0.467 e. The minimum Gasteiger partial charge on any atom is -0.467 e. The third-order valence-corrected chi connectivity index (χ3v) is 5.47. The molecule has 0 fully saturated rings. The first-order valence-electron chi connectivity index (χ1n) is 12.1. The monoisotopic (exact) mass is 561 g/mol. The van der Waals surface area contributed by atoms with Crippen LogP contribution in [0, 0.1) is 0 Å². The van der Waals surface area contributed by atoms with E-state index >= 15 is 0 Å². The summed E-state index contributed by atoms with van der Waals surface area (Å²) in [5.74, 6) is -1.17. The van der Waals surface area contributed by atoms with Gasteiger partial charge in [0.25, 0.3) is 0 Å². The van der Waals surface area contributed by atoms with Gasteiger partial charge in [0.05, 0.1) is 13.7 Å². The second-order valence-corrected chi connectivity index (χ2v) is 11.1. The first-order valence-corrected chi connectivity index (χ1v) is 12.5. The highest BCUT2D eigenvalue weighted by Gasteiger charge is 2.36. The third-order valence-electron chi connectivity index (χ3n) is 5.21. The van der Waals surface area contributed by atoms with Gasteiger partial charge in [-0.3, -0.25) is 9.13 Å². The average molecular weight is 562 g/mol. The van der Waals surface area contributed by atoms with Gasteiger partial charge in [-0.1, -0.05) is 41.9 Å². The van der Waals surface area contributed by atoms with Crippen LogP contribution in [0.3, 0.4) is 0 Å². The number of ether oxygens (including phenoxy) is 3. The third kappa shape index (κ3) is 6.75. The number of amides is 2. The highest BCUT2D eigenvalue weighted by atomic mass is 35.5. The van der Waals surface area contributed by atoms with Crippen molar-refractivity contribution in [3.63, 3.8) is 0 Å². The Labute approximate surface area is 230 Å². The van der Waals surface area contributed by atoms with E-state index in [4.69, 9.17) is 25.8 Å². The van der Waals surface area contributed by atoms with Crippen LogP contribution >= 0.6 is 11.6 Å². The second-order valence-electron chi connectivity index (χ2n) is 10.7. The van der Waals surface area contributed by atoms with Gasteiger partial charge in [0.1, 0.15) is 22.8 Å². The van der Waals surface area contributed by atoms with E-state index in [-0.39, 0.29) is 22.9 Å². The van der Waals surface area contributed by atoms with Crippen molar-refractivity contribution in [2.75, 3.05) is 12.0 Å². The highest BCUT2D eigenvalue weighted by Crippen LogP contribution is 2.28. The molecule has 39 heavy (non-hydrogen) atoms. The topological polar surface area (TPSA) is 135 Å². The van der Waals surface area contributed by atoms with Gasteiger partial charge in [0.2, 0.25) is 5.95 Å². The number of imidazole rings is 1. The summed E-state index contributed by atoms with van der Waals surface area (Å²) >= 11 is 6.56. The van der Waals surface area contributed by atoms with Crippen LogP contribution in [-0.2, 0) is 25.5 Å². The lowest BCUT2D eigenvalue weighted by Crippen LogP contribution is -2.44. The predicted molar refractivity (Wildman–Crippen MR) is 144 cm³/mol. The number of benzene rings is 1. The van der Waals surface area contributed by atoms with Gasteiger partial charge in [-0.25, -0.2) is 19.2 Å². The Balaban J connectivity index is 2.31. The van der Waals surface area contributed by atoms with Gasteiger partial charge in [-0.15, -0.1) is 4.90 Å². The molecule has 0 aliphatic heterocycles. The Bertz CT molecular complexity index is 1420. The molecule has 3 aromatic rings. The fraction of sp³-hybridized carbons (Fsp3) is 0.462. The number of imide groups is 1. The summed E-state index contributed by atoms with van der Waals surface area (Å²) in [6.07, 6.45) is -2.21. The molecule has 0 saturated heterocycles. The van der Waals surface area contributed by atoms with Crippen LogP contribution < -0.4 is 10.6 Å². The molecule has 2 aromatic heterocycles. The zero-order chi connectivity index (χ0) is 29.3.